The number of aromatic nitrogens is 2. The van der Waals surface area contributed by atoms with E-state index in [4.69, 9.17) is 9.68 Å². The standard InChI is InChI=1S/C17H14BrN5O/c1-23-3-2-10-4-11(7-20-14(10)9-23)22-17-16(18)13-5-12(6-19)24-15(13)8-21-17/h4-5,7-8H,2-3,9H2,1H3,(H,21,22). The molecule has 0 fully saturated rings. The fourth-order valence-electron chi connectivity index (χ4n) is 2.87. The molecule has 0 bridgehead atoms. The molecule has 0 unspecified atom stereocenters. The van der Waals surface area contributed by atoms with Crippen LogP contribution >= 0.6 is 15.9 Å². The van der Waals surface area contributed by atoms with Gasteiger partial charge in [0.05, 0.1) is 28.2 Å². The predicted octanol–water partition coefficient (Wildman–Crippen LogP) is 3.59. The number of halogens is 1. The Labute approximate surface area is 147 Å². The molecule has 0 atom stereocenters. The number of furan rings is 1. The molecule has 1 aliphatic rings. The Balaban J connectivity index is 1.67. The largest absolute Gasteiger partial charge is 0.444 e. The lowest BCUT2D eigenvalue weighted by Gasteiger charge is -2.24. The second-order valence-electron chi connectivity index (χ2n) is 5.86. The third-order valence-electron chi connectivity index (χ3n) is 4.13. The number of nitrogens with one attached hydrogen (secondary N) is 1. The van der Waals surface area contributed by atoms with Crippen LogP contribution < -0.4 is 5.32 Å². The number of likely N-dealkylation sites (N-methyl/N-ethyl adjacent to an activating group) is 1. The molecule has 7 heteroatoms. The van der Waals surface area contributed by atoms with Crippen LogP contribution in [0.15, 0.2) is 33.4 Å². The summed E-state index contributed by atoms with van der Waals surface area (Å²) in [5.74, 6) is 0.937. The van der Waals surface area contributed by atoms with Gasteiger partial charge in [-0.1, -0.05) is 0 Å². The third-order valence-corrected chi connectivity index (χ3v) is 4.93. The van der Waals surface area contributed by atoms with E-state index in [0.29, 0.717) is 11.4 Å². The van der Waals surface area contributed by atoms with Crippen molar-refractivity contribution in [2.24, 2.45) is 0 Å². The zero-order valence-electron chi connectivity index (χ0n) is 13.0. The quantitative estimate of drug-likeness (QED) is 0.728. The summed E-state index contributed by atoms with van der Waals surface area (Å²) in [4.78, 5) is 11.2. The van der Waals surface area contributed by atoms with Gasteiger partial charge >= 0.3 is 0 Å². The number of pyridine rings is 2. The number of hydrogen-bond donors (Lipinski definition) is 1. The fraction of sp³-hybridized carbons (Fsp3) is 0.235. The maximum absolute atomic E-state index is 8.96. The molecule has 0 radical (unpaired) electrons. The zero-order chi connectivity index (χ0) is 16.7. The van der Waals surface area contributed by atoms with E-state index in [0.717, 1.165) is 40.8 Å². The highest BCUT2D eigenvalue weighted by atomic mass is 79.9. The van der Waals surface area contributed by atoms with Crippen molar-refractivity contribution >= 4 is 38.4 Å². The molecule has 0 spiro atoms. The molecule has 120 valence electrons. The first kappa shape index (κ1) is 15.1. The van der Waals surface area contributed by atoms with Gasteiger partial charge in [-0.05, 0) is 41.0 Å². The number of rotatable bonds is 2. The molecule has 6 nitrogen and oxygen atoms in total. The minimum absolute atomic E-state index is 0.268. The Hall–Kier alpha value is -2.43. The molecule has 3 aromatic rings. The third kappa shape index (κ3) is 2.64. The van der Waals surface area contributed by atoms with Gasteiger partial charge in [0.25, 0.3) is 0 Å². The van der Waals surface area contributed by atoms with Gasteiger partial charge in [-0.25, -0.2) is 4.98 Å². The highest BCUT2D eigenvalue weighted by Crippen LogP contribution is 2.33. The van der Waals surface area contributed by atoms with Crippen LogP contribution in [-0.2, 0) is 13.0 Å². The molecule has 0 amide bonds. The molecular formula is C17H14BrN5O. The summed E-state index contributed by atoms with van der Waals surface area (Å²) >= 11 is 3.54. The van der Waals surface area contributed by atoms with Crippen LogP contribution in [0.5, 0.6) is 0 Å². The highest BCUT2D eigenvalue weighted by Gasteiger charge is 2.16. The Morgan fingerprint density at radius 1 is 1.33 bits per heavy atom. The molecule has 1 aliphatic heterocycles. The minimum Gasteiger partial charge on any atom is -0.444 e. The Morgan fingerprint density at radius 2 is 2.21 bits per heavy atom. The Bertz CT molecular complexity index is 975. The summed E-state index contributed by atoms with van der Waals surface area (Å²) in [5.41, 5.74) is 3.88. The lowest BCUT2D eigenvalue weighted by Crippen LogP contribution is -2.27. The van der Waals surface area contributed by atoms with Gasteiger partial charge in [-0.15, -0.1) is 0 Å². The van der Waals surface area contributed by atoms with Crippen molar-refractivity contribution in [1.29, 1.82) is 5.26 Å². The van der Waals surface area contributed by atoms with Gasteiger partial charge in [-0.2, -0.15) is 5.26 Å². The SMILES string of the molecule is CN1CCc2cc(Nc3ncc4oc(C#N)cc4c3Br)cnc2C1. The second-order valence-corrected chi connectivity index (χ2v) is 6.66. The van der Waals surface area contributed by atoms with Crippen LogP contribution in [0.3, 0.4) is 0 Å². The molecule has 4 heterocycles. The molecule has 0 saturated heterocycles. The maximum atomic E-state index is 8.96. The van der Waals surface area contributed by atoms with Crippen molar-refractivity contribution in [2.45, 2.75) is 13.0 Å². The first-order valence-electron chi connectivity index (χ1n) is 7.55. The molecule has 3 aromatic heterocycles. The maximum Gasteiger partial charge on any atom is 0.204 e. The first-order valence-corrected chi connectivity index (χ1v) is 8.35. The topological polar surface area (TPSA) is 78.0 Å². The van der Waals surface area contributed by atoms with Crippen LogP contribution in [0.4, 0.5) is 11.5 Å². The lowest BCUT2D eigenvalue weighted by atomic mass is 10.1. The van der Waals surface area contributed by atoms with E-state index in [1.165, 1.54) is 5.56 Å². The van der Waals surface area contributed by atoms with Crippen molar-refractivity contribution in [3.63, 3.8) is 0 Å². The van der Waals surface area contributed by atoms with E-state index < -0.39 is 0 Å². The summed E-state index contributed by atoms with van der Waals surface area (Å²) in [6, 6.07) is 5.83. The van der Waals surface area contributed by atoms with Gasteiger partial charge in [0.15, 0.2) is 5.58 Å². The van der Waals surface area contributed by atoms with Gasteiger partial charge in [-0.3, -0.25) is 4.98 Å². The number of anilines is 2. The normalized spacial score (nSPS) is 14.4. The van der Waals surface area contributed by atoms with E-state index >= 15 is 0 Å². The van der Waals surface area contributed by atoms with Gasteiger partial charge in [0.1, 0.15) is 11.9 Å². The monoisotopic (exact) mass is 383 g/mol. The van der Waals surface area contributed by atoms with Crippen molar-refractivity contribution in [2.75, 3.05) is 18.9 Å². The molecule has 4 rings (SSSR count). The number of nitriles is 1. The van der Waals surface area contributed by atoms with Gasteiger partial charge < -0.3 is 14.6 Å². The summed E-state index contributed by atoms with van der Waals surface area (Å²) in [6.07, 6.45) is 4.44. The minimum atomic E-state index is 0.268. The summed E-state index contributed by atoms with van der Waals surface area (Å²) in [5, 5.41) is 13.1. The van der Waals surface area contributed by atoms with Crippen molar-refractivity contribution in [3.8, 4) is 6.07 Å². The van der Waals surface area contributed by atoms with E-state index in [-0.39, 0.29) is 5.76 Å². The van der Waals surface area contributed by atoms with E-state index in [1.807, 2.05) is 12.3 Å². The van der Waals surface area contributed by atoms with Gasteiger partial charge in [0.2, 0.25) is 5.76 Å². The van der Waals surface area contributed by atoms with Crippen LogP contribution in [0.1, 0.15) is 17.0 Å². The summed E-state index contributed by atoms with van der Waals surface area (Å²) in [6.45, 7) is 1.92. The average molecular weight is 384 g/mol. The molecule has 0 aromatic carbocycles. The lowest BCUT2D eigenvalue weighted by molar-refractivity contribution is 0.307. The number of fused-ring (bicyclic) bond motifs is 2. The van der Waals surface area contributed by atoms with Crippen LogP contribution in [-0.4, -0.2) is 28.5 Å². The first-order chi connectivity index (χ1) is 11.6. The van der Waals surface area contributed by atoms with E-state index in [9.17, 15) is 0 Å². The van der Waals surface area contributed by atoms with Gasteiger partial charge in [0, 0.05) is 24.5 Å². The smallest absolute Gasteiger partial charge is 0.204 e. The predicted molar refractivity (Wildman–Crippen MR) is 94.0 cm³/mol. The van der Waals surface area contributed by atoms with Crippen molar-refractivity contribution < 1.29 is 4.42 Å². The van der Waals surface area contributed by atoms with E-state index in [1.54, 1.807) is 12.3 Å². The van der Waals surface area contributed by atoms with Crippen LogP contribution in [0.25, 0.3) is 11.0 Å². The summed E-state index contributed by atoms with van der Waals surface area (Å²) < 4.78 is 6.16. The van der Waals surface area contributed by atoms with Crippen LogP contribution in [0.2, 0.25) is 0 Å². The zero-order valence-corrected chi connectivity index (χ0v) is 14.6. The molecule has 1 N–H and O–H groups in total. The van der Waals surface area contributed by atoms with Crippen LogP contribution in [0, 0.1) is 11.3 Å². The van der Waals surface area contributed by atoms with Crippen molar-refractivity contribution in [1.82, 2.24) is 14.9 Å². The highest BCUT2D eigenvalue weighted by molar-refractivity contribution is 9.10. The van der Waals surface area contributed by atoms with Crippen molar-refractivity contribution in [3.05, 3.63) is 46.0 Å². The second kappa shape index (κ2) is 5.89. The molecule has 0 aliphatic carbocycles. The Kier molecular flexibility index (Phi) is 3.71. The molecule has 0 saturated carbocycles. The number of nitrogens with zero attached hydrogens (tertiary/aromatic N) is 4. The molecule has 24 heavy (non-hydrogen) atoms. The van der Waals surface area contributed by atoms with E-state index in [2.05, 4.69) is 49.2 Å². The number of hydrogen-bond acceptors (Lipinski definition) is 6. The Morgan fingerprint density at radius 3 is 3.04 bits per heavy atom. The average Bonchev–Trinajstić information content (AvgIpc) is 3.02. The summed E-state index contributed by atoms with van der Waals surface area (Å²) in [7, 11) is 2.10. The fourth-order valence-corrected chi connectivity index (χ4v) is 3.38. The molecular weight excluding hydrogens is 370 g/mol.